The Hall–Kier alpha value is -0.990. The number of fused-ring (bicyclic) bond motifs is 1. The lowest BCUT2D eigenvalue weighted by molar-refractivity contribution is 0.524. The first-order valence-electron chi connectivity index (χ1n) is 6.06. The maximum Gasteiger partial charge on any atom is 0.153 e. The number of hydrogen-bond donors (Lipinski definition) is 1. The van der Waals surface area contributed by atoms with Crippen LogP contribution in [0.3, 0.4) is 0 Å². The number of aryl methyl sites for hydroxylation is 1. The summed E-state index contributed by atoms with van der Waals surface area (Å²) < 4.78 is 5.93. The summed E-state index contributed by atoms with van der Waals surface area (Å²) in [5, 5.41) is 5.10. The van der Waals surface area contributed by atoms with Crippen LogP contribution >= 0.6 is 11.6 Å². The third kappa shape index (κ3) is 1.85. The van der Waals surface area contributed by atoms with Gasteiger partial charge < -0.3 is 9.73 Å². The summed E-state index contributed by atoms with van der Waals surface area (Å²) in [6.07, 6.45) is 2.55. The average molecular weight is 250 g/mol. The smallest absolute Gasteiger partial charge is 0.153 e. The van der Waals surface area contributed by atoms with Crippen molar-refractivity contribution in [3.63, 3.8) is 0 Å². The summed E-state index contributed by atoms with van der Waals surface area (Å²) in [5.74, 6) is 1.73. The van der Waals surface area contributed by atoms with Gasteiger partial charge in [-0.3, -0.25) is 0 Å². The van der Waals surface area contributed by atoms with Crippen LogP contribution in [0.5, 0.6) is 0 Å². The van der Waals surface area contributed by atoms with Crippen LogP contribution < -0.4 is 5.32 Å². The molecule has 2 aromatic rings. The number of hydrogen-bond acceptors (Lipinski definition) is 2. The Labute approximate surface area is 106 Å². The van der Waals surface area contributed by atoms with E-state index in [0.717, 1.165) is 22.9 Å². The Morgan fingerprint density at radius 1 is 1.41 bits per heavy atom. The van der Waals surface area contributed by atoms with Gasteiger partial charge in [-0.1, -0.05) is 11.6 Å². The molecule has 3 heteroatoms. The van der Waals surface area contributed by atoms with Crippen molar-refractivity contribution in [3.05, 3.63) is 34.0 Å². The summed E-state index contributed by atoms with van der Waals surface area (Å²) in [6, 6.07) is 4.16. The van der Waals surface area contributed by atoms with Crippen LogP contribution in [-0.2, 0) is 6.54 Å². The lowest BCUT2D eigenvalue weighted by Crippen LogP contribution is -2.05. The average Bonchev–Trinajstić information content (AvgIpc) is 3.03. The van der Waals surface area contributed by atoms with Gasteiger partial charge in [-0.05, 0) is 50.4 Å². The second kappa shape index (κ2) is 4.04. The fraction of sp³-hybridized carbons (Fsp3) is 0.429. The molecular formula is C14H16ClNO. The molecule has 1 aliphatic carbocycles. The number of halogens is 1. The second-order valence-electron chi connectivity index (χ2n) is 4.87. The van der Waals surface area contributed by atoms with E-state index in [4.69, 9.17) is 16.0 Å². The van der Waals surface area contributed by atoms with Crippen molar-refractivity contribution in [1.82, 2.24) is 5.32 Å². The zero-order valence-electron chi connectivity index (χ0n) is 10.1. The SMILES string of the molecule is CNCc1oc2c(Cl)cc(C)cc2c1C1CC1. The predicted octanol–water partition coefficient (Wildman–Crippen LogP) is 3.99. The summed E-state index contributed by atoms with van der Waals surface area (Å²) in [7, 11) is 1.94. The van der Waals surface area contributed by atoms with Gasteiger partial charge in [-0.25, -0.2) is 0 Å². The zero-order valence-corrected chi connectivity index (χ0v) is 10.9. The minimum atomic E-state index is 0.678. The monoisotopic (exact) mass is 249 g/mol. The number of nitrogens with one attached hydrogen (secondary N) is 1. The van der Waals surface area contributed by atoms with Gasteiger partial charge in [0.05, 0.1) is 11.6 Å². The molecule has 0 radical (unpaired) electrons. The van der Waals surface area contributed by atoms with Crippen molar-refractivity contribution in [3.8, 4) is 0 Å². The highest BCUT2D eigenvalue weighted by Gasteiger charge is 2.31. The van der Waals surface area contributed by atoms with Crippen LogP contribution in [0.1, 0.15) is 35.6 Å². The summed E-state index contributed by atoms with van der Waals surface area (Å²) in [5.41, 5.74) is 3.42. The molecule has 1 saturated carbocycles. The Balaban J connectivity index is 2.26. The molecule has 17 heavy (non-hydrogen) atoms. The summed E-state index contributed by atoms with van der Waals surface area (Å²) in [4.78, 5) is 0. The summed E-state index contributed by atoms with van der Waals surface area (Å²) in [6.45, 7) is 2.85. The van der Waals surface area contributed by atoms with Crippen molar-refractivity contribution < 1.29 is 4.42 Å². The van der Waals surface area contributed by atoms with E-state index in [1.165, 1.54) is 29.4 Å². The van der Waals surface area contributed by atoms with Gasteiger partial charge in [0.25, 0.3) is 0 Å². The van der Waals surface area contributed by atoms with Crippen molar-refractivity contribution in [1.29, 1.82) is 0 Å². The van der Waals surface area contributed by atoms with E-state index < -0.39 is 0 Å². The highest BCUT2D eigenvalue weighted by Crippen LogP contribution is 2.47. The van der Waals surface area contributed by atoms with Crippen LogP contribution in [0.15, 0.2) is 16.5 Å². The topological polar surface area (TPSA) is 25.2 Å². The Morgan fingerprint density at radius 2 is 2.18 bits per heavy atom. The van der Waals surface area contributed by atoms with Gasteiger partial charge in [0.2, 0.25) is 0 Å². The molecule has 1 aromatic carbocycles. The molecule has 0 aliphatic heterocycles. The van der Waals surface area contributed by atoms with Crippen LogP contribution in [0.4, 0.5) is 0 Å². The van der Waals surface area contributed by atoms with Crippen LogP contribution in [0, 0.1) is 6.92 Å². The molecule has 0 saturated heterocycles. The van der Waals surface area contributed by atoms with Gasteiger partial charge in [-0.2, -0.15) is 0 Å². The van der Waals surface area contributed by atoms with Gasteiger partial charge in [-0.15, -0.1) is 0 Å². The maximum atomic E-state index is 6.26. The van der Waals surface area contributed by atoms with Crippen LogP contribution in [-0.4, -0.2) is 7.05 Å². The molecule has 2 nitrogen and oxygen atoms in total. The molecule has 0 spiro atoms. The minimum absolute atomic E-state index is 0.678. The van der Waals surface area contributed by atoms with Gasteiger partial charge in [0.15, 0.2) is 5.58 Å². The molecule has 0 amide bonds. The van der Waals surface area contributed by atoms with E-state index >= 15 is 0 Å². The molecule has 0 unspecified atom stereocenters. The van der Waals surface area contributed by atoms with Crippen molar-refractivity contribution in [2.75, 3.05) is 7.05 Å². The molecule has 3 rings (SSSR count). The standard InChI is InChI=1S/C14H16ClNO/c1-8-5-10-13(9-3-4-9)12(7-16-2)17-14(10)11(15)6-8/h5-6,9,16H,3-4,7H2,1-2H3. The zero-order chi connectivity index (χ0) is 12.0. The van der Waals surface area contributed by atoms with Crippen molar-refractivity contribution in [2.45, 2.75) is 32.2 Å². The van der Waals surface area contributed by atoms with Gasteiger partial charge >= 0.3 is 0 Å². The molecule has 1 N–H and O–H groups in total. The van der Waals surface area contributed by atoms with Crippen LogP contribution in [0.2, 0.25) is 5.02 Å². The third-order valence-corrected chi connectivity index (χ3v) is 3.61. The molecule has 1 heterocycles. The molecule has 90 valence electrons. The molecule has 1 aliphatic rings. The van der Waals surface area contributed by atoms with Gasteiger partial charge in [0.1, 0.15) is 5.76 Å². The normalized spacial score (nSPS) is 15.7. The Bertz CT molecular complexity index is 569. The summed E-state index contributed by atoms with van der Waals surface area (Å²) >= 11 is 6.26. The predicted molar refractivity (Wildman–Crippen MR) is 70.7 cm³/mol. The number of benzene rings is 1. The van der Waals surface area contributed by atoms with Crippen molar-refractivity contribution >= 4 is 22.6 Å². The van der Waals surface area contributed by atoms with Gasteiger partial charge in [0, 0.05) is 10.9 Å². The van der Waals surface area contributed by atoms with E-state index in [9.17, 15) is 0 Å². The van der Waals surface area contributed by atoms with Crippen molar-refractivity contribution in [2.24, 2.45) is 0 Å². The highest BCUT2D eigenvalue weighted by atomic mass is 35.5. The lowest BCUT2D eigenvalue weighted by atomic mass is 10.0. The third-order valence-electron chi connectivity index (χ3n) is 3.33. The molecule has 0 bridgehead atoms. The van der Waals surface area contributed by atoms with E-state index in [0.29, 0.717) is 5.92 Å². The largest absolute Gasteiger partial charge is 0.458 e. The maximum absolute atomic E-state index is 6.26. The number of furan rings is 1. The minimum Gasteiger partial charge on any atom is -0.458 e. The first-order chi connectivity index (χ1) is 8.20. The quantitative estimate of drug-likeness (QED) is 0.890. The highest BCUT2D eigenvalue weighted by molar-refractivity contribution is 6.35. The first kappa shape index (κ1) is 11.1. The molecule has 0 atom stereocenters. The molecule has 1 aromatic heterocycles. The van der Waals surface area contributed by atoms with Crippen LogP contribution in [0.25, 0.3) is 11.0 Å². The van der Waals surface area contributed by atoms with E-state index in [1.54, 1.807) is 0 Å². The Kier molecular flexibility index (Phi) is 2.64. The second-order valence-corrected chi connectivity index (χ2v) is 5.27. The van der Waals surface area contributed by atoms with E-state index in [-0.39, 0.29) is 0 Å². The molecular weight excluding hydrogens is 234 g/mol. The Morgan fingerprint density at radius 3 is 2.82 bits per heavy atom. The fourth-order valence-electron chi connectivity index (χ4n) is 2.47. The number of rotatable bonds is 3. The lowest BCUT2D eigenvalue weighted by Gasteiger charge is -2.00. The fourth-order valence-corrected chi connectivity index (χ4v) is 2.79. The van der Waals surface area contributed by atoms with E-state index in [2.05, 4.69) is 18.3 Å². The molecule has 1 fully saturated rings. The van der Waals surface area contributed by atoms with E-state index in [1.807, 2.05) is 13.1 Å². The first-order valence-corrected chi connectivity index (χ1v) is 6.44.